The molecule has 0 aliphatic carbocycles. The average Bonchev–Trinajstić information content (AvgIpc) is 2.63. The third-order valence-electron chi connectivity index (χ3n) is 3.46. The summed E-state index contributed by atoms with van der Waals surface area (Å²) in [4.78, 5) is 22.5. The number of carbonyl (C=O) groups excluding carboxylic acids is 1. The molecule has 0 unspecified atom stereocenters. The van der Waals surface area contributed by atoms with Gasteiger partial charge in [-0.25, -0.2) is 0 Å². The van der Waals surface area contributed by atoms with Crippen molar-refractivity contribution >= 4 is 23.0 Å². The molecule has 126 valence electrons. The van der Waals surface area contributed by atoms with E-state index in [0.717, 1.165) is 12.1 Å². The van der Waals surface area contributed by atoms with Crippen LogP contribution in [0.2, 0.25) is 0 Å². The molecule has 25 heavy (non-hydrogen) atoms. The first kappa shape index (κ1) is 17.7. The van der Waals surface area contributed by atoms with Crippen LogP contribution in [0.15, 0.2) is 60.3 Å². The van der Waals surface area contributed by atoms with E-state index in [1.54, 1.807) is 12.1 Å². The van der Waals surface area contributed by atoms with Crippen molar-refractivity contribution in [1.82, 2.24) is 0 Å². The number of nitro groups is 1. The van der Waals surface area contributed by atoms with E-state index in [-0.39, 0.29) is 16.9 Å². The van der Waals surface area contributed by atoms with Crippen LogP contribution in [-0.4, -0.2) is 10.8 Å². The standard InChI is InChI=1S/C18H16N4O3/c1-2-13-7-9-15(10-8-13)20-12-14(11-19)18(23)21-16-5-3-4-6-17(16)22(24)25/h3-10,12,20H,2H2,1H3,(H,21,23)/b14-12-. The summed E-state index contributed by atoms with van der Waals surface area (Å²) in [6, 6.07) is 15.1. The lowest BCUT2D eigenvalue weighted by Gasteiger charge is -2.06. The number of amides is 1. The Morgan fingerprint density at radius 2 is 1.92 bits per heavy atom. The number of anilines is 2. The van der Waals surface area contributed by atoms with Crippen molar-refractivity contribution in [3.63, 3.8) is 0 Å². The second kappa shape index (κ2) is 8.26. The highest BCUT2D eigenvalue weighted by molar-refractivity contribution is 6.07. The number of nitro benzene ring substituents is 1. The smallest absolute Gasteiger partial charge is 0.292 e. The summed E-state index contributed by atoms with van der Waals surface area (Å²) < 4.78 is 0. The second-order valence-electron chi connectivity index (χ2n) is 5.09. The number of para-hydroxylation sites is 2. The molecule has 0 atom stereocenters. The highest BCUT2D eigenvalue weighted by atomic mass is 16.6. The quantitative estimate of drug-likeness (QED) is 0.362. The number of nitrogens with zero attached hydrogens (tertiary/aromatic N) is 2. The Labute approximate surface area is 144 Å². The van der Waals surface area contributed by atoms with Crippen LogP contribution in [0.1, 0.15) is 12.5 Å². The number of benzene rings is 2. The molecule has 2 aromatic carbocycles. The van der Waals surface area contributed by atoms with Crippen LogP contribution in [-0.2, 0) is 11.2 Å². The fraction of sp³-hybridized carbons (Fsp3) is 0.111. The molecule has 0 saturated carbocycles. The average molecular weight is 336 g/mol. The van der Waals surface area contributed by atoms with Gasteiger partial charge in [0.25, 0.3) is 11.6 Å². The molecule has 7 nitrogen and oxygen atoms in total. The normalized spacial score (nSPS) is 10.6. The molecule has 2 N–H and O–H groups in total. The molecule has 0 bridgehead atoms. The number of hydrogen-bond acceptors (Lipinski definition) is 5. The Hall–Kier alpha value is -3.66. The molecule has 0 spiro atoms. The molecule has 0 saturated heterocycles. The predicted molar refractivity (Wildman–Crippen MR) is 94.9 cm³/mol. The largest absolute Gasteiger partial charge is 0.360 e. The number of carbonyl (C=O) groups is 1. The van der Waals surface area contributed by atoms with E-state index in [1.165, 1.54) is 30.0 Å². The molecule has 7 heteroatoms. The van der Waals surface area contributed by atoms with Crippen LogP contribution in [0.25, 0.3) is 0 Å². The molecule has 1 amide bonds. The van der Waals surface area contributed by atoms with Gasteiger partial charge in [-0.05, 0) is 30.2 Å². The lowest BCUT2D eigenvalue weighted by molar-refractivity contribution is -0.383. The van der Waals surface area contributed by atoms with Gasteiger partial charge in [0.15, 0.2) is 0 Å². The van der Waals surface area contributed by atoms with E-state index >= 15 is 0 Å². The first-order chi connectivity index (χ1) is 12.0. The Kier molecular flexibility index (Phi) is 5.85. The van der Waals surface area contributed by atoms with Gasteiger partial charge >= 0.3 is 0 Å². The first-order valence-electron chi connectivity index (χ1n) is 7.55. The van der Waals surface area contributed by atoms with Crippen LogP contribution < -0.4 is 10.6 Å². The van der Waals surface area contributed by atoms with Gasteiger partial charge in [-0.3, -0.25) is 14.9 Å². The maximum absolute atomic E-state index is 12.2. The summed E-state index contributed by atoms with van der Waals surface area (Å²) in [5.41, 5.74) is 1.49. The van der Waals surface area contributed by atoms with Crippen LogP contribution in [0.5, 0.6) is 0 Å². The molecular formula is C18H16N4O3. The number of nitrogens with one attached hydrogen (secondary N) is 2. The minimum Gasteiger partial charge on any atom is -0.360 e. The highest BCUT2D eigenvalue weighted by Gasteiger charge is 2.17. The zero-order chi connectivity index (χ0) is 18.2. The molecule has 0 fully saturated rings. The maximum atomic E-state index is 12.2. The van der Waals surface area contributed by atoms with Gasteiger partial charge in [0, 0.05) is 18.0 Å². The van der Waals surface area contributed by atoms with E-state index in [9.17, 15) is 14.9 Å². The topological polar surface area (TPSA) is 108 Å². The molecule has 0 aliphatic heterocycles. The summed E-state index contributed by atoms with van der Waals surface area (Å²) in [6.07, 6.45) is 2.18. The zero-order valence-corrected chi connectivity index (χ0v) is 13.5. The highest BCUT2D eigenvalue weighted by Crippen LogP contribution is 2.23. The monoisotopic (exact) mass is 336 g/mol. The molecule has 0 aromatic heterocycles. The number of hydrogen-bond donors (Lipinski definition) is 2. The minimum absolute atomic E-state index is 0.0333. The van der Waals surface area contributed by atoms with Crippen LogP contribution in [0.4, 0.5) is 17.1 Å². The molecule has 0 heterocycles. The third-order valence-corrected chi connectivity index (χ3v) is 3.46. The van der Waals surface area contributed by atoms with Crippen molar-refractivity contribution in [1.29, 1.82) is 5.26 Å². The van der Waals surface area contributed by atoms with Crippen molar-refractivity contribution in [3.8, 4) is 6.07 Å². The summed E-state index contributed by atoms with van der Waals surface area (Å²) in [7, 11) is 0. The van der Waals surface area contributed by atoms with Crippen molar-refractivity contribution in [3.05, 3.63) is 76.0 Å². The van der Waals surface area contributed by atoms with E-state index in [2.05, 4.69) is 10.6 Å². The first-order valence-corrected chi connectivity index (χ1v) is 7.55. The number of rotatable bonds is 6. The summed E-state index contributed by atoms with van der Waals surface area (Å²) in [5, 5.41) is 25.4. The van der Waals surface area contributed by atoms with E-state index < -0.39 is 10.8 Å². The number of nitriles is 1. The molecule has 0 radical (unpaired) electrons. The fourth-order valence-corrected chi connectivity index (χ4v) is 2.07. The lowest BCUT2D eigenvalue weighted by Crippen LogP contribution is -2.15. The molecule has 0 aliphatic rings. The maximum Gasteiger partial charge on any atom is 0.292 e. The Morgan fingerprint density at radius 1 is 1.24 bits per heavy atom. The summed E-state index contributed by atoms with van der Waals surface area (Å²) in [6.45, 7) is 2.04. The van der Waals surface area contributed by atoms with E-state index in [0.29, 0.717) is 0 Å². The Morgan fingerprint density at radius 3 is 2.52 bits per heavy atom. The Balaban J connectivity index is 2.13. The zero-order valence-electron chi connectivity index (χ0n) is 13.5. The van der Waals surface area contributed by atoms with Crippen LogP contribution in [0.3, 0.4) is 0 Å². The Bertz CT molecular complexity index is 851. The van der Waals surface area contributed by atoms with Gasteiger partial charge < -0.3 is 10.6 Å². The molecular weight excluding hydrogens is 320 g/mol. The molecule has 2 aromatic rings. The van der Waals surface area contributed by atoms with Crippen molar-refractivity contribution < 1.29 is 9.72 Å². The van der Waals surface area contributed by atoms with E-state index in [4.69, 9.17) is 5.26 Å². The van der Waals surface area contributed by atoms with Gasteiger partial charge in [-0.1, -0.05) is 31.2 Å². The van der Waals surface area contributed by atoms with Gasteiger partial charge in [0.1, 0.15) is 17.3 Å². The van der Waals surface area contributed by atoms with E-state index in [1.807, 2.05) is 31.2 Å². The summed E-state index contributed by atoms with van der Waals surface area (Å²) >= 11 is 0. The fourth-order valence-electron chi connectivity index (χ4n) is 2.07. The van der Waals surface area contributed by atoms with Gasteiger partial charge in [0.05, 0.1) is 4.92 Å². The van der Waals surface area contributed by atoms with Crippen molar-refractivity contribution in [2.75, 3.05) is 10.6 Å². The van der Waals surface area contributed by atoms with Gasteiger partial charge in [-0.2, -0.15) is 5.26 Å². The van der Waals surface area contributed by atoms with Gasteiger partial charge in [-0.15, -0.1) is 0 Å². The molecule has 2 rings (SSSR count). The third kappa shape index (κ3) is 4.65. The van der Waals surface area contributed by atoms with Gasteiger partial charge in [0.2, 0.25) is 0 Å². The SMILES string of the molecule is CCc1ccc(N/C=C(/C#N)C(=O)Nc2ccccc2[N+](=O)[O-])cc1. The second-order valence-corrected chi connectivity index (χ2v) is 5.09. The van der Waals surface area contributed by atoms with Crippen molar-refractivity contribution in [2.24, 2.45) is 0 Å². The number of aryl methyl sites for hydroxylation is 1. The lowest BCUT2D eigenvalue weighted by atomic mass is 10.1. The van der Waals surface area contributed by atoms with Crippen LogP contribution in [0, 0.1) is 21.4 Å². The van der Waals surface area contributed by atoms with Crippen LogP contribution >= 0.6 is 0 Å². The minimum atomic E-state index is -0.727. The van der Waals surface area contributed by atoms with Crippen molar-refractivity contribution in [2.45, 2.75) is 13.3 Å². The summed E-state index contributed by atoms with van der Waals surface area (Å²) in [5.74, 6) is -0.727. The predicted octanol–water partition coefficient (Wildman–Crippen LogP) is 3.62.